The van der Waals surface area contributed by atoms with Crippen LogP contribution >= 0.6 is 0 Å². The van der Waals surface area contributed by atoms with Crippen LogP contribution < -0.4 is 5.32 Å². The van der Waals surface area contributed by atoms with E-state index < -0.39 is 5.82 Å². The molecule has 0 saturated heterocycles. The lowest BCUT2D eigenvalue weighted by Crippen LogP contribution is -2.09. The number of nitrogens with zero attached hydrogens (tertiary/aromatic N) is 5. The van der Waals surface area contributed by atoms with Gasteiger partial charge in [-0.25, -0.2) is 18.7 Å². The summed E-state index contributed by atoms with van der Waals surface area (Å²) in [6.07, 6.45) is 3.22. The van der Waals surface area contributed by atoms with Crippen molar-refractivity contribution in [3.05, 3.63) is 66.1 Å². The smallest absolute Gasteiger partial charge is 0.183 e. The molecule has 10 heteroatoms. The Labute approximate surface area is 176 Å². The van der Waals surface area contributed by atoms with Crippen molar-refractivity contribution in [2.45, 2.75) is 13.0 Å². The van der Waals surface area contributed by atoms with Gasteiger partial charge in [0.05, 0.1) is 18.4 Å². The van der Waals surface area contributed by atoms with Gasteiger partial charge in [-0.3, -0.25) is 4.68 Å². The number of hydrogen-bond donors (Lipinski definition) is 1. The van der Waals surface area contributed by atoms with Crippen LogP contribution in [0.5, 0.6) is 0 Å². The van der Waals surface area contributed by atoms with Crippen molar-refractivity contribution >= 4 is 5.82 Å². The number of hydrogen-bond acceptors (Lipinski definition) is 7. The van der Waals surface area contributed by atoms with Crippen LogP contribution in [0.1, 0.15) is 12.0 Å². The van der Waals surface area contributed by atoms with Crippen molar-refractivity contribution in [2.75, 3.05) is 25.6 Å². The molecule has 0 bridgehead atoms. The van der Waals surface area contributed by atoms with Gasteiger partial charge in [0.2, 0.25) is 0 Å². The maximum Gasteiger partial charge on any atom is 0.183 e. The topological polar surface area (TPSA) is 90.9 Å². The summed E-state index contributed by atoms with van der Waals surface area (Å²) in [5.41, 5.74) is 1.97. The molecule has 0 spiro atoms. The lowest BCUT2D eigenvalue weighted by Gasteiger charge is -2.07. The molecule has 0 atom stereocenters. The summed E-state index contributed by atoms with van der Waals surface area (Å²) >= 11 is 0. The standard InChI is InChI=1S/C21H20F2N6O2/c1-30-9-4-8-24-20-16(23)12-25-21(26-20)18-11-19(17-7-10-31-28-17)29(27-18)13-14-5-2-3-6-15(14)22/h2-3,5-7,10-12H,4,8-9,13H2,1H3,(H,24,25,26). The second kappa shape index (κ2) is 9.43. The maximum atomic E-state index is 14.2. The molecule has 3 heterocycles. The molecular weight excluding hydrogens is 406 g/mol. The van der Waals surface area contributed by atoms with Gasteiger partial charge in [0, 0.05) is 31.9 Å². The van der Waals surface area contributed by atoms with E-state index in [1.54, 1.807) is 42.1 Å². The monoisotopic (exact) mass is 426 g/mol. The zero-order valence-corrected chi connectivity index (χ0v) is 16.8. The Morgan fingerprint density at radius 2 is 2.00 bits per heavy atom. The number of aromatic nitrogens is 5. The normalized spacial score (nSPS) is 11.1. The van der Waals surface area contributed by atoms with Crippen molar-refractivity contribution < 1.29 is 18.0 Å². The van der Waals surface area contributed by atoms with Gasteiger partial charge in [-0.1, -0.05) is 23.4 Å². The lowest BCUT2D eigenvalue weighted by molar-refractivity contribution is 0.197. The highest BCUT2D eigenvalue weighted by molar-refractivity contribution is 5.63. The first-order chi connectivity index (χ1) is 15.2. The molecule has 4 aromatic rings. The Hall–Kier alpha value is -3.66. The zero-order valence-electron chi connectivity index (χ0n) is 16.8. The van der Waals surface area contributed by atoms with Crippen LogP contribution in [0.25, 0.3) is 22.9 Å². The summed E-state index contributed by atoms with van der Waals surface area (Å²) in [4.78, 5) is 8.34. The molecule has 8 nitrogen and oxygen atoms in total. The fraction of sp³-hybridized carbons (Fsp3) is 0.238. The van der Waals surface area contributed by atoms with Crippen LogP contribution in [-0.4, -0.2) is 45.2 Å². The van der Waals surface area contributed by atoms with Crippen molar-refractivity contribution in [1.82, 2.24) is 24.9 Å². The van der Waals surface area contributed by atoms with E-state index in [0.717, 1.165) is 6.20 Å². The summed E-state index contributed by atoms with van der Waals surface area (Å²) < 4.78 is 39.8. The van der Waals surface area contributed by atoms with E-state index in [2.05, 4.69) is 25.5 Å². The fourth-order valence-electron chi connectivity index (χ4n) is 3.02. The average Bonchev–Trinajstić information content (AvgIpc) is 3.44. The van der Waals surface area contributed by atoms with E-state index in [-0.39, 0.29) is 24.0 Å². The lowest BCUT2D eigenvalue weighted by atomic mass is 10.2. The van der Waals surface area contributed by atoms with E-state index in [9.17, 15) is 8.78 Å². The maximum absolute atomic E-state index is 14.2. The Kier molecular flexibility index (Phi) is 6.27. The Balaban J connectivity index is 1.67. The Morgan fingerprint density at radius 1 is 1.13 bits per heavy atom. The number of ether oxygens (including phenoxy) is 1. The van der Waals surface area contributed by atoms with Crippen LogP contribution in [0.3, 0.4) is 0 Å². The first-order valence-corrected chi connectivity index (χ1v) is 9.63. The summed E-state index contributed by atoms with van der Waals surface area (Å²) in [5.74, 6) is -0.602. The highest BCUT2D eigenvalue weighted by atomic mass is 19.1. The van der Waals surface area contributed by atoms with E-state index in [1.165, 1.54) is 12.3 Å². The molecule has 0 aliphatic heterocycles. The molecule has 3 aromatic heterocycles. The third-order valence-electron chi connectivity index (χ3n) is 4.55. The van der Waals surface area contributed by atoms with Gasteiger partial charge in [-0.2, -0.15) is 5.10 Å². The van der Waals surface area contributed by atoms with Gasteiger partial charge >= 0.3 is 0 Å². The quantitative estimate of drug-likeness (QED) is 0.408. The molecule has 0 aliphatic rings. The number of nitrogens with one attached hydrogen (secondary N) is 1. The third-order valence-corrected chi connectivity index (χ3v) is 4.55. The molecule has 0 aliphatic carbocycles. The van der Waals surface area contributed by atoms with Crippen LogP contribution in [0.4, 0.5) is 14.6 Å². The molecule has 160 valence electrons. The van der Waals surface area contributed by atoms with E-state index in [1.807, 2.05) is 0 Å². The summed E-state index contributed by atoms with van der Waals surface area (Å²) in [5, 5.41) is 11.4. The molecule has 1 aromatic carbocycles. The van der Waals surface area contributed by atoms with Crippen molar-refractivity contribution in [3.63, 3.8) is 0 Å². The molecule has 0 amide bonds. The highest BCUT2D eigenvalue weighted by Crippen LogP contribution is 2.25. The predicted molar refractivity (Wildman–Crippen MR) is 109 cm³/mol. The SMILES string of the molecule is COCCCNc1nc(-c2cc(-c3ccon3)n(Cc3ccccc3F)n2)ncc1F. The minimum Gasteiger partial charge on any atom is -0.385 e. The fourth-order valence-corrected chi connectivity index (χ4v) is 3.02. The van der Waals surface area contributed by atoms with E-state index >= 15 is 0 Å². The number of benzene rings is 1. The van der Waals surface area contributed by atoms with Crippen molar-refractivity contribution in [2.24, 2.45) is 0 Å². The number of halogens is 2. The second-order valence-electron chi connectivity index (χ2n) is 6.71. The van der Waals surface area contributed by atoms with Gasteiger partial charge in [-0.15, -0.1) is 0 Å². The van der Waals surface area contributed by atoms with Gasteiger partial charge in [0.1, 0.15) is 23.5 Å². The molecule has 0 unspecified atom stereocenters. The first-order valence-electron chi connectivity index (χ1n) is 9.63. The number of anilines is 1. The molecule has 0 saturated carbocycles. The summed E-state index contributed by atoms with van der Waals surface area (Å²) in [6, 6.07) is 9.83. The minimum atomic E-state index is -0.566. The predicted octanol–water partition coefficient (Wildman–Crippen LogP) is 3.77. The Morgan fingerprint density at radius 3 is 2.77 bits per heavy atom. The minimum absolute atomic E-state index is 0.0766. The van der Waals surface area contributed by atoms with Gasteiger partial charge < -0.3 is 14.6 Å². The number of rotatable bonds is 9. The number of methoxy groups -OCH3 is 1. The van der Waals surface area contributed by atoms with Crippen molar-refractivity contribution in [3.8, 4) is 22.9 Å². The molecule has 0 fully saturated rings. The van der Waals surface area contributed by atoms with Crippen LogP contribution in [0, 0.1) is 11.6 Å². The Bertz CT molecular complexity index is 1150. The van der Waals surface area contributed by atoms with Gasteiger partial charge in [-0.05, 0) is 18.6 Å². The first kappa shape index (κ1) is 20.6. The van der Waals surface area contributed by atoms with E-state index in [4.69, 9.17) is 9.26 Å². The van der Waals surface area contributed by atoms with Crippen molar-refractivity contribution in [1.29, 1.82) is 0 Å². The largest absolute Gasteiger partial charge is 0.385 e. The van der Waals surface area contributed by atoms with Gasteiger partial charge in [0.25, 0.3) is 0 Å². The third kappa shape index (κ3) is 4.75. The second-order valence-corrected chi connectivity index (χ2v) is 6.71. The van der Waals surface area contributed by atoms with E-state index in [0.29, 0.717) is 42.2 Å². The van der Waals surface area contributed by atoms with Crippen LogP contribution in [0.15, 0.2) is 53.4 Å². The molecular formula is C21H20F2N6O2. The van der Waals surface area contributed by atoms with Crippen LogP contribution in [0.2, 0.25) is 0 Å². The summed E-state index contributed by atoms with van der Waals surface area (Å²) in [6.45, 7) is 1.21. The van der Waals surface area contributed by atoms with Gasteiger partial charge in [0.15, 0.2) is 17.5 Å². The average molecular weight is 426 g/mol. The molecule has 0 radical (unpaired) electrons. The molecule has 31 heavy (non-hydrogen) atoms. The molecule has 1 N–H and O–H groups in total. The zero-order chi connectivity index (χ0) is 21.6. The molecule has 4 rings (SSSR count). The summed E-state index contributed by atoms with van der Waals surface area (Å²) in [7, 11) is 1.60. The van der Waals surface area contributed by atoms with Crippen LogP contribution in [-0.2, 0) is 11.3 Å². The highest BCUT2D eigenvalue weighted by Gasteiger charge is 2.18.